The number of rotatable bonds is 6. The van der Waals surface area contributed by atoms with Gasteiger partial charge < -0.3 is 15.2 Å². The lowest BCUT2D eigenvalue weighted by molar-refractivity contribution is 0.297. The first-order valence-corrected chi connectivity index (χ1v) is 7.86. The van der Waals surface area contributed by atoms with Crippen molar-refractivity contribution in [3.05, 3.63) is 45.8 Å². The highest BCUT2D eigenvalue weighted by Gasteiger charge is 2.11. The predicted molar refractivity (Wildman–Crippen MR) is 89.9 cm³/mol. The number of aryl methyl sites for hydroxylation is 1. The van der Waals surface area contributed by atoms with Gasteiger partial charge in [0.1, 0.15) is 0 Å². The third-order valence-electron chi connectivity index (χ3n) is 3.90. The van der Waals surface area contributed by atoms with E-state index in [2.05, 4.69) is 17.1 Å². The van der Waals surface area contributed by atoms with E-state index in [1.807, 2.05) is 18.2 Å². The number of fused-ring (bicyclic) bond motifs is 1. The molecular formula is C17H22N4O2. The molecule has 0 aliphatic heterocycles. The summed E-state index contributed by atoms with van der Waals surface area (Å²) < 4.78 is 1.39. The van der Waals surface area contributed by atoms with Gasteiger partial charge in [-0.3, -0.25) is 4.79 Å². The second kappa shape index (κ2) is 7.67. The summed E-state index contributed by atoms with van der Waals surface area (Å²) >= 11 is 0. The number of unbranched alkanes of at least 4 members (excludes halogenated alkanes) is 3. The molecule has 6 nitrogen and oxygen atoms in total. The van der Waals surface area contributed by atoms with E-state index in [1.54, 1.807) is 13.1 Å². The van der Waals surface area contributed by atoms with Crippen LogP contribution < -0.4 is 11.0 Å². The van der Waals surface area contributed by atoms with E-state index in [4.69, 9.17) is 10.6 Å². The fourth-order valence-electron chi connectivity index (χ4n) is 2.58. The third kappa shape index (κ3) is 3.64. The summed E-state index contributed by atoms with van der Waals surface area (Å²) in [5.74, 6) is 0. The number of nitrogens with one attached hydrogen (secondary N) is 1. The largest absolute Gasteiger partial charge is 0.409 e. The maximum Gasteiger partial charge on any atom is 0.299 e. The number of hydrogen-bond acceptors (Lipinski definition) is 5. The van der Waals surface area contributed by atoms with Crippen molar-refractivity contribution in [2.75, 3.05) is 0 Å². The lowest BCUT2D eigenvalue weighted by atomic mass is 10.0. The maximum atomic E-state index is 12.3. The van der Waals surface area contributed by atoms with Gasteiger partial charge in [0, 0.05) is 12.4 Å². The van der Waals surface area contributed by atoms with Crippen LogP contribution in [0.15, 0.2) is 34.2 Å². The van der Waals surface area contributed by atoms with E-state index in [0.29, 0.717) is 28.7 Å². The molecule has 2 N–H and O–H groups in total. The van der Waals surface area contributed by atoms with Gasteiger partial charge in [0.05, 0.1) is 16.9 Å². The van der Waals surface area contributed by atoms with Gasteiger partial charge >= 0.3 is 0 Å². The van der Waals surface area contributed by atoms with E-state index in [-0.39, 0.29) is 5.49 Å². The van der Waals surface area contributed by atoms with Crippen LogP contribution >= 0.6 is 0 Å². The Kier molecular flexibility index (Phi) is 5.62. The van der Waals surface area contributed by atoms with Crippen LogP contribution in [0.25, 0.3) is 10.9 Å². The molecule has 0 saturated heterocycles. The Hall–Kier alpha value is -2.50. The van der Waals surface area contributed by atoms with E-state index >= 15 is 0 Å². The van der Waals surface area contributed by atoms with Crippen molar-refractivity contribution < 1.29 is 5.21 Å². The Morgan fingerprint density at radius 3 is 2.74 bits per heavy atom. The molecule has 0 saturated carbocycles. The fourth-order valence-corrected chi connectivity index (χ4v) is 2.58. The molecule has 0 bridgehead atoms. The van der Waals surface area contributed by atoms with Crippen molar-refractivity contribution in [1.29, 1.82) is 5.41 Å². The molecule has 0 amide bonds. The molecule has 0 aliphatic rings. The molecule has 0 spiro atoms. The zero-order chi connectivity index (χ0) is 16.8. The quantitative estimate of drug-likeness (QED) is 0.371. The van der Waals surface area contributed by atoms with Gasteiger partial charge in [-0.2, -0.15) is 0 Å². The SMILES string of the molecule is CCCCCCC(=N)c1nc(=NO)c(=O)n(C)c2ccccc12. The van der Waals surface area contributed by atoms with Crippen molar-refractivity contribution in [3.8, 4) is 0 Å². The highest BCUT2D eigenvalue weighted by Crippen LogP contribution is 2.16. The van der Waals surface area contributed by atoms with E-state index in [1.165, 1.54) is 4.57 Å². The van der Waals surface area contributed by atoms with Gasteiger partial charge in [-0.15, -0.1) is 0 Å². The molecule has 0 unspecified atom stereocenters. The average Bonchev–Trinajstić information content (AvgIpc) is 2.68. The normalized spacial score (nSPS) is 11.8. The lowest BCUT2D eigenvalue weighted by Crippen LogP contribution is -2.33. The van der Waals surface area contributed by atoms with Crippen LogP contribution in [0.2, 0.25) is 0 Å². The summed E-state index contributed by atoms with van der Waals surface area (Å²) in [6, 6.07) is 7.30. The molecule has 6 heteroatoms. The average molecular weight is 314 g/mol. The molecule has 0 aliphatic carbocycles. The smallest absolute Gasteiger partial charge is 0.299 e. The first-order chi connectivity index (χ1) is 11.1. The molecule has 122 valence electrons. The summed E-state index contributed by atoms with van der Waals surface area (Å²) in [5, 5.41) is 21.2. The zero-order valence-electron chi connectivity index (χ0n) is 13.5. The molecule has 23 heavy (non-hydrogen) atoms. The molecule has 0 radical (unpaired) electrons. The molecule has 2 aromatic rings. The fraction of sp³-hybridized carbons (Fsp3) is 0.412. The van der Waals surface area contributed by atoms with Gasteiger partial charge in [-0.05, 0) is 18.9 Å². The highest BCUT2D eigenvalue weighted by atomic mass is 16.4. The second-order valence-corrected chi connectivity index (χ2v) is 5.55. The third-order valence-corrected chi connectivity index (χ3v) is 3.90. The molecule has 0 fully saturated rings. The van der Waals surface area contributed by atoms with E-state index < -0.39 is 5.56 Å². The number of para-hydroxylation sites is 1. The minimum Gasteiger partial charge on any atom is -0.409 e. The maximum absolute atomic E-state index is 12.3. The second-order valence-electron chi connectivity index (χ2n) is 5.55. The summed E-state index contributed by atoms with van der Waals surface area (Å²) in [6.45, 7) is 2.14. The lowest BCUT2D eigenvalue weighted by Gasteiger charge is -2.05. The van der Waals surface area contributed by atoms with Crippen molar-refractivity contribution in [1.82, 2.24) is 9.55 Å². The predicted octanol–water partition coefficient (Wildman–Crippen LogP) is 2.56. The van der Waals surface area contributed by atoms with E-state index in [0.717, 1.165) is 25.7 Å². The minimum absolute atomic E-state index is 0.294. The topological polar surface area (TPSA) is 91.3 Å². The molecule has 1 aromatic heterocycles. The number of hydrogen-bond donors (Lipinski definition) is 2. The van der Waals surface area contributed by atoms with Gasteiger partial charge in [0.25, 0.3) is 11.0 Å². The van der Waals surface area contributed by atoms with Crippen LogP contribution in [-0.4, -0.2) is 20.5 Å². The minimum atomic E-state index is -0.492. The Morgan fingerprint density at radius 2 is 2.04 bits per heavy atom. The van der Waals surface area contributed by atoms with Crippen molar-refractivity contribution >= 4 is 16.6 Å². The number of benzene rings is 1. The highest BCUT2D eigenvalue weighted by molar-refractivity contribution is 6.06. The monoisotopic (exact) mass is 314 g/mol. The summed E-state index contributed by atoms with van der Waals surface area (Å²) in [6.07, 6.45) is 4.83. The Balaban J connectivity index is 2.60. The van der Waals surface area contributed by atoms with Gasteiger partial charge in [-0.1, -0.05) is 49.5 Å². The van der Waals surface area contributed by atoms with Crippen molar-refractivity contribution in [2.24, 2.45) is 12.2 Å². The Labute approximate surface area is 134 Å². The van der Waals surface area contributed by atoms with Gasteiger partial charge in [0.15, 0.2) is 0 Å². The molecule has 0 atom stereocenters. The summed E-state index contributed by atoms with van der Waals surface area (Å²) in [5.41, 5.74) is 0.638. The standard InChI is InChI=1S/C17H22N4O2/c1-3-4-5-6-10-13(18)15-12-9-7-8-11-14(12)21(2)17(22)16(19-15)20-23/h7-9,11,18,23H,3-6,10H2,1-2H3. The van der Waals surface area contributed by atoms with Crippen LogP contribution in [0.4, 0.5) is 0 Å². The number of aromatic nitrogens is 2. The van der Waals surface area contributed by atoms with Gasteiger partial charge in [0.2, 0.25) is 0 Å². The van der Waals surface area contributed by atoms with Crippen LogP contribution in [0, 0.1) is 5.41 Å². The van der Waals surface area contributed by atoms with Crippen molar-refractivity contribution in [3.63, 3.8) is 0 Å². The van der Waals surface area contributed by atoms with Crippen LogP contribution in [0.1, 0.15) is 44.7 Å². The Morgan fingerprint density at radius 1 is 1.30 bits per heavy atom. The molecule has 1 aromatic carbocycles. The summed E-state index contributed by atoms with van der Waals surface area (Å²) in [7, 11) is 1.61. The van der Waals surface area contributed by atoms with Crippen molar-refractivity contribution in [2.45, 2.75) is 39.0 Å². The van der Waals surface area contributed by atoms with Crippen LogP contribution in [0.5, 0.6) is 0 Å². The first kappa shape index (κ1) is 16.9. The van der Waals surface area contributed by atoms with E-state index in [9.17, 15) is 4.79 Å². The first-order valence-electron chi connectivity index (χ1n) is 7.86. The number of nitrogens with zero attached hydrogens (tertiary/aromatic N) is 3. The van der Waals surface area contributed by atoms with Crippen LogP contribution in [-0.2, 0) is 7.05 Å². The molecule has 1 heterocycles. The van der Waals surface area contributed by atoms with Crippen LogP contribution in [0.3, 0.4) is 0 Å². The zero-order valence-corrected chi connectivity index (χ0v) is 13.5. The summed E-state index contributed by atoms with van der Waals surface area (Å²) in [4.78, 5) is 16.4. The molecule has 2 rings (SSSR count). The van der Waals surface area contributed by atoms with Gasteiger partial charge in [-0.25, -0.2) is 4.98 Å². The Bertz CT molecular complexity index is 840. The molecular weight excluding hydrogens is 292 g/mol.